The van der Waals surface area contributed by atoms with E-state index in [1.165, 1.54) is 6.26 Å². The first-order chi connectivity index (χ1) is 8.91. The van der Waals surface area contributed by atoms with E-state index in [9.17, 15) is 8.42 Å². The van der Waals surface area contributed by atoms with Crippen LogP contribution in [0.1, 0.15) is 26.3 Å². The third-order valence-electron chi connectivity index (χ3n) is 3.26. The molecule has 19 heavy (non-hydrogen) atoms. The first kappa shape index (κ1) is 13.8. The molecule has 0 fully saturated rings. The lowest BCUT2D eigenvalue weighted by Gasteiger charge is -2.07. The van der Waals surface area contributed by atoms with E-state index in [0.717, 1.165) is 17.5 Å². The van der Waals surface area contributed by atoms with Crippen LogP contribution in [0.5, 0.6) is 0 Å². The minimum Gasteiger partial charge on any atom is -0.269 e. The summed E-state index contributed by atoms with van der Waals surface area (Å²) in [5, 5.41) is 4.33. The van der Waals surface area contributed by atoms with Gasteiger partial charge in [0, 0.05) is 24.1 Å². The Labute approximate surface area is 114 Å². The molecule has 0 aliphatic carbocycles. The molecule has 1 aromatic heterocycles. The molecule has 5 heteroatoms. The molecule has 1 heterocycles. The van der Waals surface area contributed by atoms with Crippen molar-refractivity contribution in [2.75, 3.05) is 6.26 Å². The normalized spacial score (nSPS) is 13.4. The standard InChI is InChI=1S/C14H18N2O2S/c1-4-11(2)16-10-13(9-15-16)12-5-7-14(8-6-12)19(3,17)18/h5-11H,4H2,1-3H3. The van der Waals surface area contributed by atoms with Gasteiger partial charge in [-0.2, -0.15) is 5.10 Å². The summed E-state index contributed by atoms with van der Waals surface area (Å²) in [6.07, 6.45) is 6.03. The second-order valence-corrected chi connectivity index (χ2v) is 6.78. The SMILES string of the molecule is CCC(C)n1cc(-c2ccc(S(C)(=O)=O)cc2)cn1. The minimum atomic E-state index is -3.13. The van der Waals surface area contributed by atoms with Crippen molar-refractivity contribution in [2.45, 2.75) is 31.2 Å². The van der Waals surface area contributed by atoms with Crippen LogP contribution in [0.2, 0.25) is 0 Å². The number of nitrogens with zero attached hydrogens (tertiary/aromatic N) is 2. The molecule has 1 aromatic carbocycles. The molecule has 0 radical (unpaired) electrons. The quantitative estimate of drug-likeness (QED) is 0.864. The first-order valence-electron chi connectivity index (χ1n) is 6.26. The highest BCUT2D eigenvalue weighted by Crippen LogP contribution is 2.22. The van der Waals surface area contributed by atoms with Crippen molar-refractivity contribution in [3.05, 3.63) is 36.7 Å². The van der Waals surface area contributed by atoms with E-state index >= 15 is 0 Å². The van der Waals surface area contributed by atoms with E-state index in [1.54, 1.807) is 12.1 Å². The second kappa shape index (κ2) is 5.17. The molecular weight excluding hydrogens is 260 g/mol. The summed E-state index contributed by atoms with van der Waals surface area (Å²) in [6, 6.07) is 7.25. The van der Waals surface area contributed by atoms with Crippen molar-refractivity contribution < 1.29 is 8.42 Å². The van der Waals surface area contributed by atoms with E-state index in [-0.39, 0.29) is 0 Å². The van der Waals surface area contributed by atoms with E-state index in [4.69, 9.17) is 0 Å². The summed E-state index contributed by atoms with van der Waals surface area (Å²) in [6.45, 7) is 4.23. The van der Waals surface area contributed by atoms with E-state index < -0.39 is 9.84 Å². The average Bonchev–Trinajstić information content (AvgIpc) is 2.86. The lowest BCUT2D eigenvalue weighted by molar-refractivity contribution is 0.478. The monoisotopic (exact) mass is 278 g/mol. The van der Waals surface area contributed by atoms with Crippen molar-refractivity contribution in [2.24, 2.45) is 0 Å². The fourth-order valence-corrected chi connectivity index (χ4v) is 2.44. The van der Waals surface area contributed by atoms with Gasteiger partial charge in [-0.3, -0.25) is 4.68 Å². The fourth-order valence-electron chi connectivity index (χ4n) is 1.81. The Hall–Kier alpha value is -1.62. The Kier molecular flexibility index (Phi) is 3.75. The Balaban J connectivity index is 2.30. The van der Waals surface area contributed by atoms with Crippen LogP contribution in [0.3, 0.4) is 0 Å². The van der Waals surface area contributed by atoms with E-state index in [2.05, 4.69) is 18.9 Å². The van der Waals surface area contributed by atoms with Gasteiger partial charge in [-0.15, -0.1) is 0 Å². The smallest absolute Gasteiger partial charge is 0.175 e. The minimum absolute atomic E-state index is 0.338. The highest BCUT2D eigenvalue weighted by Gasteiger charge is 2.09. The molecule has 2 aromatic rings. The number of rotatable bonds is 4. The third-order valence-corrected chi connectivity index (χ3v) is 4.39. The van der Waals surface area contributed by atoms with Gasteiger partial charge < -0.3 is 0 Å². The summed E-state index contributed by atoms with van der Waals surface area (Å²) in [5.74, 6) is 0. The molecule has 1 atom stereocenters. The van der Waals surface area contributed by atoms with Crippen molar-refractivity contribution in [1.29, 1.82) is 0 Å². The van der Waals surface area contributed by atoms with Gasteiger partial charge in [-0.25, -0.2) is 8.42 Å². The topological polar surface area (TPSA) is 52.0 Å². The highest BCUT2D eigenvalue weighted by atomic mass is 32.2. The van der Waals surface area contributed by atoms with Gasteiger partial charge in [0.2, 0.25) is 0 Å². The van der Waals surface area contributed by atoms with Crippen LogP contribution in [0.4, 0.5) is 0 Å². The number of sulfone groups is 1. The molecule has 2 rings (SSSR count). The molecule has 102 valence electrons. The zero-order valence-corrected chi connectivity index (χ0v) is 12.2. The molecule has 0 N–H and O–H groups in total. The summed E-state index contributed by atoms with van der Waals surface area (Å²) < 4.78 is 24.7. The number of benzene rings is 1. The lowest BCUT2D eigenvalue weighted by atomic mass is 10.1. The second-order valence-electron chi connectivity index (χ2n) is 4.76. The molecule has 0 amide bonds. The zero-order valence-electron chi connectivity index (χ0n) is 11.4. The van der Waals surface area contributed by atoms with Gasteiger partial charge >= 0.3 is 0 Å². The van der Waals surface area contributed by atoms with Crippen molar-refractivity contribution in [3.8, 4) is 11.1 Å². The average molecular weight is 278 g/mol. The molecule has 0 bridgehead atoms. The van der Waals surface area contributed by atoms with Crippen LogP contribution in [0.25, 0.3) is 11.1 Å². The third kappa shape index (κ3) is 3.04. The molecule has 0 spiro atoms. The van der Waals surface area contributed by atoms with Crippen LogP contribution < -0.4 is 0 Å². The van der Waals surface area contributed by atoms with Gasteiger partial charge in [-0.05, 0) is 31.0 Å². The molecule has 0 aliphatic rings. The van der Waals surface area contributed by atoms with Crippen LogP contribution in [0, 0.1) is 0 Å². The summed E-state index contributed by atoms with van der Waals surface area (Å²) in [7, 11) is -3.13. The highest BCUT2D eigenvalue weighted by molar-refractivity contribution is 7.90. The van der Waals surface area contributed by atoms with Gasteiger partial charge in [0.1, 0.15) is 0 Å². The number of hydrogen-bond donors (Lipinski definition) is 0. The Morgan fingerprint density at radius 1 is 1.21 bits per heavy atom. The molecule has 0 saturated heterocycles. The fraction of sp³-hybridized carbons (Fsp3) is 0.357. The Morgan fingerprint density at radius 3 is 2.37 bits per heavy atom. The maximum Gasteiger partial charge on any atom is 0.175 e. The van der Waals surface area contributed by atoms with E-state index in [0.29, 0.717) is 10.9 Å². The molecule has 0 saturated carbocycles. The maximum absolute atomic E-state index is 11.4. The van der Waals surface area contributed by atoms with Crippen LogP contribution >= 0.6 is 0 Å². The first-order valence-corrected chi connectivity index (χ1v) is 8.15. The lowest BCUT2D eigenvalue weighted by Crippen LogP contribution is -2.03. The van der Waals surface area contributed by atoms with Gasteiger partial charge in [0.05, 0.1) is 11.1 Å². The predicted octanol–water partition coefficient (Wildman–Crippen LogP) is 2.92. The Morgan fingerprint density at radius 2 is 1.84 bits per heavy atom. The summed E-state index contributed by atoms with van der Waals surface area (Å²) in [5.41, 5.74) is 1.97. The van der Waals surface area contributed by atoms with Gasteiger partial charge in [-0.1, -0.05) is 19.1 Å². The van der Waals surface area contributed by atoms with Crippen LogP contribution in [-0.2, 0) is 9.84 Å². The zero-order chi connectivity index (χ0) is 14.0. The summed E-state index contributed by atoms with van der Waals surface area (Å²) >= 11 is 0. The van der Waals surface area contributed by atoms with Crippen molar-refractivity contribution in [3.63, 3.8) is 0 Å². The number of aromatic nitrogens is 2. The van der Waals surface area contributed by atoms with Crippen LogP contribution in [-0.4, -0.2) is 24.5 Å². The van der Waals surface area contributed by atoms with Gasteiger partial charge in [0.15, 0.2) is 9.84 Å². The predicted molar refractivity (Wildman–Crippen MR) is 75.8 cm³/mol. The van der Waals surface area contributed by atoms with E-state index in [1.807, 2.05) is 29.2 Å². The largest absolute Gasteiger partial charge is 0.269 e. The van der Waals surface area contributed by atoms with Crippen molar-refractivity contribution >= 4 is 9.84 Å². The number of hydrogen-bond acceptors (Lipinski definition) is 3. The molecule has 1 unspecified atom stereocenters. The maximum atomic E-state index is 11.4. The van der Waals surface area contributed by atoms with Crippen molar-refractivity contribution in [1.82, 2.24) is 9.78 Å². The summed E-state index contributed by atoms with van der Waals surface area (Å²) in [4.78, 5) is 0.338. The molecule has 0 aliphatic heterocycles. The Bertz CT molecular complexity index is 657. The molecule has 4 nitrogen and oxygen atoms in total. The van der Waals surface area contributed by atoms with Gasteiger partial charge in [0.25, 0.3) is 0 Å². The molecular formula is C14H18N2O2S. The van der Waals surface area contributed by atoms with Crippen LogP contribution in [0.15, 0.2) is 41.6 Å².